The fourth-order valence-corrected chi connectivity index (χ4v) is 2.94. The summed E-state index contributed by atoms with van der Waals surface area (Å²) in [4.78, 5) is 16.3. The molecule has 2 saturated heterocycles. The molecule has 2 rings (SSSR count). The Bertz CT molecular complexity index is 251. The smallest absolute Gasteiger partial charge is 0.320 e. The normalized spacial score (nSPS) is 30.9. The Balaban J connectivity index is 2.02. The molecule has 0 aromatic rings. The summed E-state index contributed by atoms with van der Waals surface area (Å²) in [6.07, 6.45) is 4.63. The van der Waals surface area contributed by atoms with E-state index in [0.717, 1.165) is 38.9 Å². The first kappa shape index (κ1) is 11.7. The van der Waals surface area contributed by atoms with Gasteiger partial charge in [0.05, 0.1) is 0 Å². The second kappa shape index (κ2) is 5.04. The molecule has 2 atom stereocenters. The summed E-state index contributed by atoms with van der Waals surface area (Å²) in [6.45, 7) is 5.56. The second-order valence-corrected chi connectivity index (χ2v) is 5.09. The molecule has 2 heterocycles. The van der Waals surface area contributed by atoms with E-state index in [-0.39, 0.29) is 12.1 Å². The molecule has 0 aromatic carbocycles. The maximum atomic E-state index is 12.3. The van der Waals surface area contributed by atoms with Crippen LogP contribution in [0.5, 0.6) is 0 Å². The molecule has 4 heteroatoms. The van der Waals surface area contributed by atoms with Gasteiger partial charge in [-0.1, -0.05) is 6.92 Å². The fourth-order valence-electron chi connectivity index (χ4n) is 2.94. The van der Waals surface area contributed by atoms with Crippen LogP contribution in [0.4, 0.5) is 4.79 Å². The number of likely N-dealkylation sites (tertiary alicyclic amines) is 2. The molecule has 4 nitrogen and oxygen atoms in total. The molecular formula is C12H23N3O. The lowest BCUT2D eigenvalue weighted by atomic mass is 9.91. The minimum Gasteiger partial charge on any atom is -0.328 e. The molecule has 0 saturated carbocycles. The molecule has 0 radical (unpaired) electrons. The van der Waals surface area contributed by atoms with E-state index in [1.165, 1.54) is 6.42 Å². The number of carbonyl (C=O) groups is 1. The van der Waals surface area contributed by atoms with Crippen molar-refractivity contribution in [3.05, 3.63) is 0 Å². The van der Waals surface area contributed by atoms with Gasteiger partial charge in [0.15, 0.2) is 0 Å². The number of nitrogens with two attached hydrogens (primary N) is 1. The van der Waals surface area contributed by atoms with E-state index in [1.807, 2.05) is 9.80 Å². The number of piperidine rings is 1. The molecule has 0 aromatic heterocycles. The molecular weight excluding hydrogens is 202 g/mol. The molecule has 2 amide bonds. The van der Waals surface area contributed by atoms with Crippen molar-refractivity contribution in [2.75, 3.05) is 26.2 Å². The van der Waals surface area contributed by atoms with Gasteiger partial charge in [-0.15, -0.1) is 0 Å². The Kier molecular flexibility index (Phi) is 3.69. The van der Waals surface area contributed by atoms with Crippen molar-refractivity contribution < 1.29 is 4.79 Å². The van der Waals surface area contributed by atoms with Gasteiger partial charge in [-0.25, -0.2) is 4.79 Å². The zero-order valence-electron chi connectivity index (χ0n) is 10.2. The van der Waals surface area contributed by atoms with E-state index in [4.69, 9.17) is 5.73 Å². The zero-order valence-corrected chi connectivity index (χ0v) is 10.2. The number of urea groups is 1. The number of nitrogens with zero attached hydrogens (tertiary/aromatic N) is 2. The lowest BCUT2D eigenvalue weighted by molar-refractivity contribution is 0.1000. The van der Waals surface area contributed by atoms with Gasteiger partial charge >= 0.3 is 6.03 Å². The number of hydrogen-bond acceptors (Lipinski definition) is 2. The summed E-state index contributed by atoms with van der Waals surface area (Å²) < 4.78 is 0. The van der Waals surface area contributed by atoms with E-state index in [1.54, 1.807) is 0 Å². The quantitative estimate of drug-likeness (QED) is 0.730. The van der Waals surface area contributed by atoms with Crippen molar-refractivity contribution in [2.24, 2.45) is 11.7 Å². The van der Waals surface area contributed by atoms with E-state index < -0.39 is 0 Å². The number of rotatable bonds is 1. The third-order valence-corrected chi connectivity index (χ3v) is 3.98. The summed E-state index contributed by atoms with van der Waals surface area (Å²) in [5.41, 5.74) is 5.81. The predicted molar refractivity (Wildman–Crippen MR) is 64.1 cm³/mol. The highest BCUT2D eigenvalue weighted by Gasteiger charge is 2.33. The van der Waals surface area contributed by atoms with Gasteiger partial charge in [0.1, 0.15) is 0 Å². The fraction of sp³-hybridized carbons (Fsp3) is 0.917. The maximum Gasteiger partial charge on any atom is 0.320 e. The number of carbonyl (C=O) groups excluding carboxylic acids is 1. The summed E-state index contributed by atoms with van der Waals surface area (Å²) in [7, 11) is 0. The van der Waals surface area contributed by atoms with Crippen LogP contribution in [0, 0.1) is 5.92 Å². The topological polar surface area (TPSA) is 49.6 Å². The van der Waals surface area contributed by atoms with Crippen molar-refractivity contribution in [1.82, 2.24) is 9.80 Å². The molecule has 0 spiro atoms. The molecule has 0 aliphatic carbocycles. The van der Waals surface area contributed by atoms with Gasteiger partial charge in [-0.05, 0) is 31.6 Å². The molecule has 2 aliphatic rings. The molecule has 2 unspecified atom stereocenters. The van der Waals surface area contributed by atoms with Crippen molar-refractivity contribution >= 4 is 6.03 Å². The maximum absolute atomic E-state index is 12.3. The highest BCUT2D eigenvalue weighted by atomic mass is 16.2. The third-order valence-electron chi connectivity index (χ3n) is 3.98. The van der Waals surface area contributed by atoms with Crippen LogP contribution in [0.3, 0.4) is 0 Å². The van der Waals surface area contributed by atoms with Gasteiger partial charge in [-0.3, -0.25) is 0 Å². The van der Waals surface area contributed by atoms with E-state index in [0.29, 0.717) is 12.5 Å². The van der Waals surface area contributed by atoms with Gasteiger partial charge in [0, 0.05) is 32.2 Å². The Labute approximate surface area is 97.8 Å². The molecule has 2 fully saturated rings. The first-order valence-corrected chi connectivity index (χ1v) is 6.49. The summed E-state index contributed by atoms with van der Waals surface area (Å²) in [5, 5.41) is 0. The van der Waals surface area contributed by atoms with Crippen LogP contribution >= 0.6 is 0 Å². The Morgan fingerprint density at radius 2 is 1.94 bits per heavy atom. The van der Waals surface area contributed by atoms with Crippen LogP contribution in [0.1, 0.15) is 32.6 Å². The highest BCUT2D eigenvalue weighted by molar-refractivity contribution is 5.75. The van der Waals surface area contributed by atoms with E-state index >= 15 is 0 Å². The first-order chi connectivity index (χ1) is 7.74. The molecule has 92 valence electrons. The van der Waals surface area contributed by atoms with Crippen molar-refractivity contribution in [2.45, 2.75) is 38.6 Å². The molecule has 2 N–H and O–H groups in total. The first-order valence-electron chi connectivity index (χ1n) is 6.49. The average molecular weight is 225 g/mol. The minimum absolute atomic E-state index is 0.222. The largest absolute Gasteiger partial charge is 0.328 e. The lowest BCUT2D eigenvalue weighted by Gasteiger charge is -2.41. The van der Waals surface area contributed by atoms with Gasteiger partial charge in [-0.2, -0.15) is 0 Å². The Hall–Kier alpha value is -0.770. The summed E-state index contributed by atoms with van der Waals surface area (Å²) in [6, 6.07) is 0.473. The van der Waals surface area contributed by atoms with Gasteiger partial charge in [0.2, 0.25) is 0 Å². The molecule has 16 heavy (non-hydrogen) atoms. The monoisotopic (exact) mass is 225 g/mol. The third kappa shape index (κ3) is 2.17. The van der Waals surface area contributed by atoms with Crippen LogP contribution in [-0.4, -0.2) is 48.1 Å². The summed E-state index contributed by atoms with van der Waals surface area (Å²) in [5.74, 6) is 0.547. The minimum atomic E-state index is 0.222. The average Bonchev–Trinajstić information content (AvgIpc) is 2.81. The van der Waals surface area contributed by atoms with Crippen LogP contribution in [-0.2, 0) is 0 Å². The SMILES string of the molecule is CC1CCCN(C(=O)N2CCCC2)C1CN. The standard InChI is InChI=1S/C12H23N3O/c1-10-5-4-8-15(11(10)9-13)12(16)14-6-2-3-7-14/h10-11H,2-9,13H2,1H3. The Morgan fingerprint density at radius 3 is 2.56 bits per heavy atom. The summed E-state index contributed by atoms with van der Waals surface area (Å²) >= 11 is 0. The zero-order chi connectivity index (χ0) is 11.5. The number of hydrogen-bond donors (Lipinski definition) is 1. The molecule has 0 bridgehead atoms. The Morgan fingerprint density at radius 1 is 1.25 bits per heavy atom. The predicted octanol–water partition coefficient (Wildman–Crippen LogP) is 1.26. The van der Waals surface area contributed by atoms with Crippen LogP contribution in [0.2, 0.25) is 0 Å². The van der Waals surface area contributed by atoms with E-state index in [2.05, 4.69) is 6.92 Å². The molecule has 2 aliphatic heterocycles. The number of amides is 2. The second-order valence-electron chi connectivity index (χ2n) is 5.09. The van der Waals surface area contributed by atoms with Crippen LogP contribution < -0.4 is 5.73 Å². The van der Waals surface area contributed by atoms with Crippen molar-refractivity contribution in [1.29, 1.82) is 0 Å². The van der Waals surface area contributed by atoms with Gasteiger partial charge in [0.25, 0.3) is 0 Å². The highest BCUT2D eigenvalue weighted by Crippen LogP contribution is 2.24. The van der Waals surface area contributed by atoms with Crippen molar-refractivity contribution in [3.8, 4) is 0 Å². The van der Waals surface area contributed by atoms with E-state index in [9.17, 15) is 4.79 Å². The lowest BCUT2D eigenvalue weighted by Crippen LogP contribution is -2.55. The van der Waals surface area contributed by atoms with Crippen molar-refractivity contribution in [3.63, 3.8) is 0 Å². The van der Waals surface area contributed by atoms with Crippen LogP contribution in [0.25, 0.3) is 0 Å². The van der Waals surface area contributed by atoms with Crippen LogP contribution in [0.15, 0.2) is 0 Å². The van der Waals surface area contributed by atoms with Gasteiger partial charge < -0.3 is 15.5 Å².